The van der Waals surface area contributed by atoms with Crippen molar-refractivity contribution < 1.29 is 4.39 Å². The molecule has 2 N–H and O–H groups in total. The van der Waals surface area contributed by atoms with Gasteiger partial charge in [0.25, 0.3) is 0 Å². The Balaban J connectivity index is 2.30. The van der Waals surface area contributed by atoms with Gasteiger partial charge in [-0.15, -0.1) is 0 Å². The Morgan fingerprint density at radius 2 is 2.05 bits per heavy atom. The van der Waals surface area contributed by atoms with Gasteiger partial charge in [0.1, 0.15) is 11.6 Å². The molecule has 0 fully saturated rings. The van der Waals surface area contributed by atoms with Gasteiger partial charge in [-0.2, -0.15) is 0 Å². The number of anilines is 1. The third-order valence-electron chi connectivity index (χ3n) is 3.33. The highest BCUT2D eigenvalue weighted by molar-refractivity contribution is 6.30. The number of hydrogen-bond donors (Lipinski definition) is 1. The summed E-state index contributed by atoms with van der Waals surface area (Å²) in [4.78, 5) is 4.62. The molecule has 0 radical (unpaired) electrons. The number of rotatable bonds is 3. The third-order valence-corrected chi connectivity index (χ3v) is 3.55. The summed E-state index contributed by atoms with van der Waals surface area (Å²) < 4.78 is 15.6. The van der Waals surface area contributed by atoms with E-state index < -0.39 is 0 Å². The van der Waals surface area contributed by atoms with Crippen LogP contribution in [0.15, 0.2) is 36.4 Å². The van der Waals surface area contributed by atoms with Gasteiger partial charge in [0, 0.05) is 17.1 Å². The lowest BCUT2D eigenvalue weighted by Gasteiger charge is -2.09. The molecule has 0 aliphatic carbocycles. The zero-order valence-corrected chi connectivity index (χ0v) is 12.4. The number of halogens is 2. The highest BCUT2D eigenvalue weighted by Gasteiger charge is 2.13. The van der Waals surface area contributed by atoms with Crippen LogP contribution in [0.25, 0.3) is 16.7 Å². The van der Waals surface area contributed by atoms with Gasteiger partial charge < -0.3 is 5.73 Å². The van der Waals surface area contributed by atoms with Gasteiger partial charge in [-0.1, -0.05) is 18.5 Å². The zero-order chi connectivity index (χ0) is 15.0. The maximum Gasteiger partial charge on any atom is 0.126 e. The fourth-order valence-electron chi connectivity index (χ4n) is 2.49. The standard InChI is InChI=1S/C16H15ClFN3/c1-2-3-16-20-14-9-12(19)4-5-15(14)21(16)13-7-10(17)6-11(18)8-13/h4-9H,2-3,19H2,1H3. The summed E-state index contributed by atoms with van der Waals surface area (Å²) in [5.74, 6) is 0.511. The Hall–Kier alpha value is -2.07. The predicted octanol–water partition coefficient (Wildman–Crippen LogP) is 4.35. The zero-order valence-electron chi connectivity index (χ0n) is 11.6. The predicted molar refractivity (Wildman–Crippen MR) is 84.4 cm³/mol. The Morgan fingerprint density at radius 3 is 2.76 bits per heavy atom. The van der Waals surface area contributed by atoms with Crippen molar-refractivity contribution in [2.75, 3.05) is 5.73 Å². The van der Waals surface area contributed by atoms with E-state index in [1.54, 1.807) is 6.07 Å². The van der Waals surface area contributed by atoms with E-state index in [0.29, 0.717) is 16.4 Å². The molecule has 0 unspecified atom stereocenters. The third kappa shape index (κ3) is 2.59. The van der Waals surface area contributed by atoms with E-state index in [1.807, 2.05) is 22.8 Å². The topological polar surface area (TPSA) is 43.8 Å². The summed E-state index contributed by atoms with van der Waals surface area (Å²) in [6, 6.07) is 10.0. The highest BCUT2D eigenvalue weighted by atomic mass is 35.5. The van der Waals surface area contributed by atoms with E-state index in [9.17, 15) is 4.39 Å². The molecule has 3 aromatic rings. The molecule has 3 rings (SSSR count). The highest BCUT2D eigenvalue weighted by Crippen LogP contribution is 2.26. The number of nitrogens with zero attached hydrogens (tertiary/aromatic N) is 2. The van der Waals surface area contributed by atoms with Crippen LogP contribution in [0, 0.1) is 5.82 Å². The molecule has 0 atom stereocenters. The van der Waals surface area contributed by atoms with Crippen molar-refractivity contribution in [3.8, 4) is 5.69 Å². The number of nitrogens with two attached hydrogens (primary N) is 1. The second-order valence-electron chi connectivity index (χ2n) is 4.99. The maximum absolute atomic E-state index is 13.7. The molecule has 21 heavy (non-hydrogen) atoms. The van der Waals surface area contributed by atoms with E-state index in [-0.39, 0.29) is 5.82 Å². The van der Waals surface area contributed by atoms with Gasteiger partial charge in [-0.3, -0.25) is 4.57 Å². The van der Waals surface area contributed by atoms with Crippen LogP contribution < -0.4 is 5.73 Å². The Morgan fingerprint density at radius 1 is 1.24 bits per heavy atom. The molecule has 108 valence electrons. The smallest absolute Gasteiger partial charge is 0.126 e. The van der Waals surface area contributed by atoms with E-state index in [1.165, 1.54) is 12.1 Å². The SMILES string of the molecule is CCCc1nc2cc(N)ccc2n1-c1cc(F)cc(Cl)c1. The van der Waals surface area contributed by atoms with Gasteiger partial charge >= 0.3 is 0 Å². The van der Waals surface area contributed by atoms with Crippen LogP contribution in [0.3, 0.4) is 0 Å². The molecule has 0 amide bonds. The number of hydrogen-bond acceptors (Lipinski definition) is 2. The van der Waals surface area contributed by atoms with Crippen LogP contribution in [0.1, 0.15) is 19.2 Å². The van der Waals surface area contributed by atoms with Crippen LogP contribution in [-0.4, -0.2) is 9.55 Å². The number of aryl methyl sites for hydroxylation is 1. The lowest BCUT2D eigenvalue weighted by atomic mass is 10.2. The summed E-state index contributed by atoms with van der Waals surface area (Å²) in [6.07, 6.45) is 1.74. The second kappa shape index (κ2) is 5.37. The minimum Gasteiger partial charge on any atom is -0.399 e. The second-order valence-corrected chi connectivity index (χ2v) is 5.43. The van der Waals surface area contributed by atoms with Crippen LogP contribution in [-0.2, 0) is 6.42 Å². The largest absolute Gasteiger partial charge is 0.399 e. The lowest BCUT2D eigenvalue weighted by Crippen LogP contribution is -2.01. The number of benzene rings is 2. The van der Waals surface area contributed by atoms with Gasteiger partial charge in [-0.25, -0.2) is 9.37 Å². The molecule has 1 heterocycles. The first-order chi connectivity index (χ1) is 10.1. The molecule has 0 saturated heterocycles. The van der Waals surface area contributed by atoms with Gasteiger partial charge in [0.2, 0.25) is 0 Å². The first-order valence-electron chi connectivity index (χ1n) is 6.82. The van der Waals surface area contributed by atoms with Gasteiger partial charge in [-0.05, 0) is 42.8 Å². The Bertz CT molecular complexity index is 790. The molecule has 0 aliphatic heterocycles. The van der Waals surface area contributed by atoms with E-state index in [2.05, 4.69) is 11.9 Å². The molecule has 1 aromatic heterocycles. The number of fused-ring (bicyclic) bond motifs is 1. The van der Waals surface area contributed by atoms with Crippen molar-refractivity contribution in [3.63, 3.8) is 0 Å². The molecule has 5 heteroatoms. The minimum atomic E-state index is -0.364. The van der Waals surface area contributed by atoms with Gasteiger partial charge in [0.15, 0.2) is 0 Å². The molecule has 0 spiro atoms. The van der Waals surface area contributed by atoms with Crippen molar-refractivity contribution in [1.29, 1.82) is 0 Å². The maximum atomic E-state index is 13.7. The minimum absolute atomic E-state index is 0.364. The van der Waals surface area contributed by atoms with E-state index in [0.717, 1.165) is 29.7 Å². The van der Waals surface area contributed by atoms with Crippen molar-refractivity contribution in [2.24, 2.45) is 0 Å². The Labute approximate surface area is 127 Å². The van der Waals surface area contributed by atoms with Crippen molar-refractivity contribution >= 4 is 28.3 Å². The number of nitrogen functional groups attached to an aromatic ring is 1. The summed E-state index contributed by atoms with van der Waals surface area (Å²) in [5, 5.41) is 0.366. The number of imidazole rings is 1. The normalized spacial score (nSPS) is 11.2. The fourth-order valence-corrected chi connectivity index (χ4v) is 2.71. The molecule has 0 bridgehead atoms. The molecule has 0 saturated carbocycles. The average Bonchev–Trinajstić information content (AvgIpc) is 2.75. The van der Waals surface area contributed by atoms with E-state index in [4.69, 9.17) is 17.3 Å². The molecule has 0 aliphatic rings. The molecular weight excluding hydrogens is 289 g/mol. The van der Waals surface area contributed by atoms with Gasteiger partial charge in [0.05, 0.1) is 16.7 Å². The quantitative estimate of drug-likeness (QED) is 0.731. The van der Waals surface area contributed by atoms with E-state index >= 15 is 0 Å². The average molecular weight is 304 g/mol. The van der Waals surface area contributed by atoms with Crippen molar-refractivity contribution in [3.05, 3.63) is 53.1 Å². The van der Waals surface area contributed by atoms with Crippen LogP contribution in [0.2, 0.25) is 5.02 Å². The summed E-state index contributed by atoms with van der Waals surface area (Å²) in [7, 11) is 0. The molecular formula is C16H15ClFN3. The molecule has 3 nitrogen and oxygen atoms in total. The fraction of sp³-hybridized carbons (Fsp3) is 0.188. The first kappa shape index (κ1) is 13.9. The monoisotopic (exact) mass is 303 g/mol. The van der Waals surface area contributed by atoms with Crippen molar-refractivity contribution in [1.82, 2.24) is 9.55 Å². The molecule has 2 aromatic carbocycles. The lowest BCUT2D eigenvalue weighted by molar-refractivity contribution is 0.626. The summed E-state index contributed by atoms with van der Waals surface area (Å²) in [6.45, 7) is 2.08. The summed E-state index contributed by atoms with van der Waals surface area (Å²) >= 11 is 5.98. The Kier molecular flexibility index (Phi) is 3.55. The van der Waals surface area contributed by atoms with Crippen molar-refractivity contribution in [2.45, 2.75) is 19.8 Å². The first-order valence-corrected chi connectivity index (χ1v) is 7.19. The van der Waals surface area contributed by atoms with Crippen LogP contribution >= 0.6 is 11.6 Å². The number of aromatic nitrogens is 2. The summed E-state index contributed by atoms with van der Waals surface area (Å²) in [5.41, 5.74) is 8.85. The van der Waals surface area contributed by atoms with Crippen LogP contribution in [0.5, 0.6) is 0 Å². The van der Waals surface area contributed by atoms with Crippen LogP contribution in [0.4, 0.5) is 10.1 Å².